The van der Waals surface area contributed by atoms with Gasteiger partial charge >= 0.3 is 57.4 Å². The quantitative estimate of drug-likeness (QED) is 0.680. The summed E-state index contributed by atoms with van der Waals surface area (Å²) in [5.41, 5.74) is 0.849. The number of aromatic nitrogens is 1. The predicted molar refractivity (Wildman–Crippen MR) is 84.4 cm³/mol. The number of carbonyl (C=O) groups is 2. The van der Waals surface area contributed by atoms with E-state index in [2.05, 4.69) is 4.98 Å². The molecule has 0 atom stereocenters. The van der Waals surface area contributed by atoms with Crippen molar-refractivity contribution in [2.24, 2.45) is 0 Å². The second-order valence-electron chi connectivity index (χ2n) is 3.94. The van der Waals surface area contributed by atoms with Crippen LogP contribution in [0.25, 0.3) is 0 Å². The zero-order chi connectivity index (χ0) is 14.5. The Balaban J connectivity index is 0.00000220. The summed E-state index contributed by atoms with van der Waals surface area (Å²) in [6.45, 7) is 0. The first kappa shape index (κ1) is 18.8. The van der Waals surface area contributed by atoms with Crippen molar-refractivity contribution >= 4 is 85.8 Å². The van der Waals surface area contributed by atoms with E-state index in [9.17, 15) is 9.59 Å². The van der Waals surface area contributed by atoms with Crippen molar-refractivity contribution in [2.45, 2.75) is 11.4 Å². The zero-order valence-corrected chi connectivity index (χ0v) is 11.8. The van der Waals surface area contributed by atoms with Gasteiger partial charge in [-0.25, -0.2) is 9.78 Å². The molecule has 0 radical (unpaired) electrons. The van der Waals surface area contributed by atoms with E-state index in [4.69, 9.17) is 16.7 Å². The van der Waals surface area contributed by atoms with E-state index >= 15 is 0 Å². The molecule has 0 saturated heterocycles. The van der Waals surface area contributed by atoms with Crippen LogP contribution in [0.1, 0.15) is 15.9 Å². The average molecular weight is 348 g/mol. The van der Waals surface area contributed by atoms with Gasteiger partial charge in [-0.05, 0) is 41.6 Å². The number of benzene rings is 1. The summed E-state index contributed by atoms with van der Waals surface area (Å²) in [4.78, 5) is 26.9. The van der Waals surface area contributed by atoms with Gasteiger partial charge in [0.2, 0.25) is 0 Å². The molecule has 0 unspecified atom stereocenters. The van der Waals surface area contributed by atoms with Gasteiger partial charge in [-0.1, -0.05) is 23.7 Å². The van der Waals surface area contributed by atoms with Crippen LogP contribution in [0.5, 0.6) is 0 Å². The van der Waals surface area contributed by atoms with Gasteiger partial charge in [0.05, 0.1) is 5.56 Å². The van der Waals surface area contributed by atoms with Crippen LogP contribution in [0.4, 0.5) is 0 Å². The molecule has 2 rings (SSSR count). The molecular formula is C14H11ClKNO3S. The number of carboxylic acid groups (broad SMARTS) is 1. The molecular weight excluding hydrogens is 337 g/mol. The topological polar surface area (TPSA) is 67.3 Å². The van der Waals surface area contributed by atoms with Gasteiger partial charge in [-0.15, -0.1) is 0 Å². The van der Waals surface area contributed by atoms with Crippen molar-refractivity contribution in [3.63, 3.8) is 0 Å². The molecule has 1 aromatic heterocycles. The van der Waals surface area contributed by atoms with Gasteiger partial charge in [0.1, 0.15) is 5.03 Å². The number of pyridine rings is 1. The van der Waals surface area contributed by atoms with Gasteiger partial charge < -0.3 is 5.11 Å². The number of carboxylic acids is 1. The van der Waals surface area contributed by atoms with E-state index < -0.39 is 5.97 Å². The number of carbonyl (C=O) groups excluding carboxylic acids is 1. The van der Waals surface area contributed by atoms with E-state index in [0.29, 0.717) is 5.02 Å². The Morgan fingerprint density at radius 3 is 2.48 bits per heavy atom. The van der Waals surface area contributed by atoms with Gasteiger partial charge in [-0.2, -0.15) is 0 Å². The zero-order valence-electron chi connectivity index (χ0n) is 10.2. The standard InChI is InChI=1S/C14H10ClNO3S.K.H/c15-10-5-3-9(4-6-10)8-12(17)20-13-11(14(18)19)2-1-7-16-13;;/h1-7H,8H2,(H,18,19);;. The Bertz CT molecular complexity index is 649. The third kappa shape index (κ3) is 5.82. The fourth-order valence-corrected chi connectivity index (χ4v) is 2.51. The summed E-state index contributed by atoms with van der Waals surface area (Å²) < 4.78 is 0. The Kier molecular flexibility index (Phi) is 8.11. The maximum atomic E-state index is 11.9. The summed E-state index contributed by atoms with van der Waals surface area (Å²) in [6, 6.07) is 9.88. The molecule has 0 saturated carbocycles. The minimum absolute atomic E-state index is 0. The van der Waals surface area contributed by atoms with E-state index in [1.54, 1.807) is 24.3 Å². The van der Waals surface area contributed by atoms with Gasteiger partial charge in [0.25, 0.3) is 0 Å². The van der Waals surface area contributed by atoms with Gasteiger partial charge in [-0.3, -0.25) is 4.79 Å². The molecule has 1 aromatic carbocycles. The average Bonchev–Trinajstić information content (AvgIpc) is 2.41. The SMILES string of the molecule is O=C(Cc1ccc(Cl)cc1)Sc1ncccc1C(=O)O.[KH]. The van der Waals surface area contributed by atoms with Crippen LogP contribution in [-0.4, -0.2) is 72.6 Å². The van der Waals surface area contributed by atoms with Crippen molar-refractivity contribution in [3.8, 4) is 0 Å². The predicted octanol–water partition coefficient (Wildman–Crippen LogP) is 2.65. The first-order valence-electron chi connectivity index (χ1n) is 5.69. The third-order valence-corrected chi connectivity index (χ3v) is 3.62. The first-order valence-corrected chi connectivity index (χ1v) is 6.89. The van der Waals surface area contributed by atoms with Crippen LogP contribution in [0, 0.1) is 0 Å². The number of nitrogens with zero attached hydrogens (tertiary/aromatic N) is 1. The molecule has 0 aliphatic carbocycles. The molecule has 4 nitrogen and oxygen atoms in total. The summed E-state index contributed by atoms with van der Waals surface area (Å²) in [5.74, 6) is -1.10. The third-order valence-electron chi connectivity index (χ3n) is 2.47. The molecule has 0 fully saturated rings. The molecule has 2 aromatic rings. The Labute approximate surface area is 173 Å². The van der Waals surface area contributed by atoms with Crippen molar-refractivity contribution in [1.29, 1.82) is 0 Å². The molecule has 104 valence electrons. The summed E-state index contributed by atoms with van der Waals surface area (Å²) in [5, 5.41) is 9.66. The van der Waals surface area contributed by atoms with Gasteiger partial charge in [0, 0.05) is 17.6 Å². The Hall–Kier alpha value is -0.214. The molecule has 0 aliphatic rings. The first-order chi connectivity index (χ1) is 9.56. The van der Waals surface area contributed by atoms with Crippen LogP contribution >= 0.6 is 23.4 Å². The summed E-state index contributed by atoms with van der Waals surface area (Å²) >= 11 is 6.60. The Morgan fingerprint density at radius 1 is 1.19 bits per heavy atom. The number of hydrogen-bond donors (Lipinski definition) is 1. The maximum absolute atomic E-state index is 11.9. The molecule has 1 heterocycles. The van der Waals surface area contributed by atoms with Crippen molar-refractivity contribution in [3.05, 3.63) is 58.7 Å². The Morgan fingerprint density at radius 2 is 1.86 bits per heavy atom. The van der Waals surface area contributed by atoms with Gasteiger partial charge in [0.15, 0.2) is 5.12 Å². The second-order valence-corrected chi connectivity index (χ2v) is 5.42. The second kappa shape index (κ2) is 9.04. The fourth-order valence-electron chi connectivity index (χ4n) is 1.55. The van der Waals surface area contributed by atoms with Crippen LogP contribution in [0.2, 0.25) is 5.02 Å². The van der Waals surface area contributed by atoms with E-state index in [-0.39, 0.29) is 73.5 Å². The molecule has 7 heteroatoms. The summed E-state index contributed by atoms with van der Waals surface area (Å²) in [6.07, 6.45) is 1.65. The van der Waals surface area contributed by atoms with E-state index in [0.717, 1.165) is 17.3 Å². The minimum atomic E-state index is -1.10. The van der Waals surface area contributed by atoms with E-state index in [1.165, 1.54) is 18.3 Å². The molecule has 1 N–H and O–H groups in total. The number of thioether (sulfide) groups is 1. The van der Waals surface area contributed by atoms with Crippen LogP contribution < -0.4 is 0 Å². The normalized spacial score (nSPS) is 9.76. The van der Waals surface area contributed by atoms with Crippen molar-refractivity contribution in [1.82, 2.24) is 4.98 Å². The summed E-state index contributed by atoms with van der Waals surface area (Å²) in [7, 11) is 0. The molecule has 21 heavy (non-hydrogen) atoms. The van der Waals surface area contributed by atoms with Crippen LogP contribution in [0.15, 0.2) is 47.6 Å². The monoisotopic (exact) mass is 347 g/mol. The van der Waals surface area contributed by atoms with Crippen LogP contribution in [-0.2, 0) is 11.2 Å². The number of rotatable bonds is 4. The number of aromatic carboxylic acids is 1. The molecule has 0 aliphatic heterocycles. The van der Waals surface area contributed by atoms with Crippen molar-refractivity contribution in [2.75, 3.05) is 0 Å². The number of halogens is 1. The molecule has 0 amide bonds. The molecule has 0 spiro atoms. The van der Waals surface area contributed by atoms with Crippen LogP contribution in [0.3, 0.4) is 0 Å². The molecule has 0 bridgehead atoms. The van der Waals surface area contributed by atoms with Crippen molar-refractivity contribution < 1.29 is 14.7 Å². The van der Waals surface area contributed by atoms with E-state index in [1.807, 2.05) is 0 Å². The number of hydrogen-bond acceptors (Lipinski definition) is 4. The fraction of sp³-hybridized carbons (Fsp3) is 0.0714.